The molecular weight excluding hydrogens is 687 g/mol. The third-order valence-electron chi connectivity index (χ3n) is 10.9. The fraction of sp³-hybridized carbons (Fsp3) is 0. The molecule has 0 radical (unpaired) electrons. The van der Waals surface area contributed by atoms with Crippen LogP contribution in [0.2, 0.25) is 0 Å². The molecule has 0 fully saturated rings. The standard InChI is InChI=1S/C52H33NOS/c1-3-11-34(12-4-1)37-21-22-39-32-42(29-25-38(39)31-37)53(41-27-23-35(24-28-41)40-26-30-50-47(33-40)44-15-7-8-20-49(44)55-50)48-19-10-18-46-45-17-9-16-43(51(45)54-52(46)48)36-13-5-2-6-14-36/h1-33H. The zero-order chi connectivity index (χ0) is 36.3. The predicted molar refractivity (Wildman–Crippen MR) is 235 cm³/mol. The maximum atomic E-state index is 6.97. The maximum absolute atomic E-state index is 6.97. The average molecular weight is 720 g/mol. The van der Waals surface area contributed by atoms with E-state index in [-0.39, 0.29) is 0 Å². The highest BCUT2D eigenvalue weighted by Gasteiger charge is 2.21. The molecule has 0 aliphatic rings. The first kappa shape index (κ1) is 31.6. The van der Waals surface area contributed by atoms with E-state index in [1.165, 1.54) is 53.2 Å². The molecule has 0 atom stereocenters. The van der Waals surface area contributed by atoms with Crippen molar-refractivity contribution in [2.45, 2.75) is 0 Å². The van der Waals surface area contributed by atoms with Gasteiger partial charge in [0.1, 0.15) is 5.58 Å². The molecule has 2 aromatic heterocycles. The van der Waals surface area contributed by atoms with Gasteiger partial charge < -0.3 is 9.32 Å². The summed E-state index contributed by atoms with van der Waals surface area (Å²) in [5, 5.41) is 7.20. The van der Waals surface area contributed by atoms with E-state index in [1.54, 1.807) is 0 Å². The monoisotopic (exact) mass is 719 g/mol. The maximum Gasteiger partial charge on any atom is 0.159 e. The number of hydrogen-bond acceptors (Lipinski definition) is 3. The van der Waals surface area contributed by atoms with Gasteiger partial charge in [0.15, 0.2) is 5.58 Å². The van der Waals surface area contributed by atoms with Gasteiger partial charge in [0.25, 0.3) is 0 Å². The van der Waals surface area contributed by atoms with E-state index in [4.69, 9.17) is 4.42 Å². The lowest BCUT2D eigenvalue weighted by Gasteiger charge is -2.26. The van der Waals surface area contributed by atoms with Gasteiger partial charge >= 0.3 is 0 Å². The summed E-state index contributed by atoms with van der Waals surface area (Å²) in [5.74, 6) is 0. The summed E-state index contributed by atoms with van der Waals surface area (Å²) in [6.07, 6.45) is 0. The number of furan rings is 1. The second-order valence-electron chi connectivity index (χ2n) is 14.1. The van der Waals surface area contributed by atoms with Crippen LogP contribution in [0.5, 0.6) is 0 Å². The first-order chi connectivity index (χ1) is 27.2. The lowest BCUT2D eigenvalue weighted by molar-refractivity contribution is 0.670. The SMILES string of the molecule is c1ccc(-c2ccc3cc(N(c4ccc(-c5ccc6sc7ccccc7c6c5)cc4)c4cccc5c4oc4c(-c6ccccc6)cccc45)ccc3c2)cc1. The first-order valence-electron chi connectivity index (χ1n) is 18.7. The van der Waals surface area contributed by atoms with Gasteiger partial charge in [-0.2, -0.15) is 0 Å². The number of benzene rings is 9. The third-order valence-corrected chi connectivity index (χ3v) is 12.0. The smallest absolute Gasteiger partial charge is 0.159 e. The number of fused-ring (bicyclic) bond motifs is 7. The summed E-state index contributed by atoms with van der Waals surface area (Å²) in [6.45, 7) is 0. The fourth-order valence-corrected chi connectivity index (χ4v) is 9.23. The largest absolute Gasteiger partial charge is 0.453 e. The van der Waals surface area contributed by atoms with Crippen LogP contribution in [0.1, 0.15) is 0 Å². The number of anilines is 3. The molecule has 0 saturated heterocycles. The van der Waals surface area contributed by atoms with Gasteiger partial charge in [0.05, 0.1) is 5.69 Å². The van der Waals surface area contributed by atoms with Crippen molar-refractivity contribution in [3.8, 4) is 33.4 Å². The molecule has 11 aromatic rings. The van der Waals surface area contributed by atoms with Crippen LogP contribution in [0, 0.1) is 0 Å². The minimum atomic E-state index is 0.860. The van der Waals surface area contributed by atoms with E-state index >= 15 is 0 Å². The minimum Gasteiger partial charge on any atom is -0.453 e. The van der Waals surface area contributed by atoms with Gasteiger partial charge in [-0.25, -0.2) is 0 Å². The number of nitrogens with zero attached hydrogens (tertiary/aromatic N) is 1. The molecule has 9 aromatic carbocycles. The van der Waals surface area contributed by atoms with Gasteiger partial charge in [-0.1, -0.05) is 146 Å². The minimum absolute atomic E-state index is 0.860. The van der Waals surface area contributed by atoms with Crippen molar-refractivity contribution >= 4 is 81.3 Å². The van der Waals surface area contributed by atoms with Crippen molar-refractivity contribution in [2.75, 3.05) is 4.90 Å². The van der Waals surface area contributed by atoms with Gasteiger partial charge in [0.2, 0.25) is 0 Å². The van der Waals surface area contributed by atoms with Crippen molar-refractivity contribution in [3.63, 3.8) is 0 Å². The summed E-state index contributed by atoms with van der Waals surface area (Å²) in [4.78, 5) is 2.34. The average Bonchev–Trinajstić information content (AvgIpc) is 3.83. The highest BCUT2D eigenvalue weighted by Crippen LogP contribution is 2.45. The highest BCUT2D eigenvalue weighted by molar-refractivity contribution is 7.25. The number of rotatable bonds is 6. The summed E-state index contributed by atoms with van der Waals surface area (Å²) in [7, 11) is 0. The summed E-state index contributed by atoms with van der Waals surface area (Å²) in [5.41, 5.74) is 11.9. The van der Waals surface area contributed by atoms with E-state index in [9.17, 15) is 0 Å². The van der Waals surface area contributed by atoms with E-state index in [1.807, 2.05) is 11.3 Å². The number of hydrogen-bond donors (Lipinski definition) is 0. The van der Waals surface area contributed by atoms with Gasteiger partial charge in [-0.3, -0.25) is 0 Å². The Morgan fingerprint density at radius 3 is 1.76 bits per heavy atom. The normalized spacial score (nSPS) is 11.6. The van der Waals surface area contributed by atoms with Crippen molar-refractivity contribution in [1.29, 1.82) is 0 Å². The van der Waals surface area contributed by atoms with Crippen LogP contribution in [0.4, 0.5) is 17.1 Å². The van der Waals surface area contributed by atoms with Crippen LogP contribution in [0.3, 0.4) is 0 Å². The van der Waals surface area contributed by atoms with Crippen LogP contribution in [0.15, 0.2) is 205 Å². The Bertz CT molecular complexity index is 3190. The van der Waals surface area contributed by atoms with Gasteiger partial charge in [-0.15, -0.1) is 11.3 Å². The molecule has 2 nitrogen and oxygen atoms in total. The van der Waals surface area contributed by atoms with Crippen molar-refractivity contribution in [1.82, 2.24) is 0 Å². The van der Waals surface area contributed by atoms with Gasteiger partial charge in [0, 0.05) is 47.9 Å². The van der Waals surface area contributed by atoms with E-state index in [0.29, 0.717) is 0 Å². The molecular formula is C52H33NOS. The molecule has 0 aliphatic carbocycles. The Morgan fingerprint density at radius 1 is 0.345 bits per heavy atom. The third kappa shape index (κ3) is 5.40. The Kier molecular flexibility index (Phi) is 7.39. The summed E-state index contributed by atoms with van der Waals surface area (Å²) >= 11 is 1.85. The fourth-order valence-electron chi connectivity index (χ4n) is 8.14. The van der Waals surface area contributed by atoms with Crippen LogP contribution in [-0.4, -0.2) is 0 Å². The molecule has 11 rings (SSSR count). The number of thiophene rings is 1. The molecule has 0 unspecified atom stereocenters. The van der Waals surface area contributed by atoms with Crippen LogP contribution in [-0.2, 0) is 0 Å². The van der Waals surface area contributed by atoms with Crippen molar-refractivity contribution in [3.05, 3.63) is 200 Å². The summed E-state index contributed by atoms with van der Waals surface area (Å²) < 4.78 is 9.60. The first-order valence-corrected chi connectivity index (χ1v) is 19.5. The van der Waals surface area contributed by atoms with Crippen LogP contribution in [0.25, 0.3) is 86.3 Å². The van der Waals surface area contributed by atoms with E-state index in [0.717, 1.165) is 50.1 Å². The highest BCUT2D eigenvalue weighted by atomic mass is 32.1. The zero-order valence-corrected chi connectivity index (χ0v) is 30.6. The van der Waals surface area contributed by atoms with E-state index in [2.05, 4.69) is 205 Å². The Morgan fingerprint density at radius 2 is 0.927 bits per heavy atom. The van der Waals surface area contributed by atoms with Crippen molar-refractivity contribution in [2.24, 2.45) is 0 Å². The van der Waals surface area contributed by atoms with Crippen LogP contribution >= 0.6 is 11.3 Å². The molecule has 3 heteroatoms. The lowest BCUT2D eigenvalue weighted by atomic mass is 10.00. The van der Waals surface area contributed by atoms with Crippen molar-refractivity contribution < 1.29 is 4.42 Å². The Hall–Kier alpha value is -6.94. The molecule has 0 aliphatic heterocycles. The molecule has 0 bridgehead atoms. The predicted octanol–water partition coefficient (Wildman–Crippen LogP) is 15.6. The molecule has 0 N–H and O–H groups in total. The quantitative estimate of drug-likeness (QED) is 0.170. The van der Waals surface area contributed by atoms with E-state index < -0.39 is 0 Å². The Balaban J connectivity index is 1.07. The molecule has 0 saturated carbocycles. The number of para-hydroxylation sites is 2. The topological polar surface area (TPSA) is 16.4 Å². The summed E-state index contributed by atoms with van der Waals surface area (Å²) in [6, 6.07) is 72.1. The van der Waals surface area contributed by atoms with Crippen LogP contribution < -0.4 is 4.90 Å². The molecule has 0 spiro atoms. The Labute approximate surface area is 322 Å². The van der Waals surface area contributed by atoms with Gasteiger partial charge in [-0.05, 0) is 93.2 Å². The molecule has 0 amide bonds. The second-order valence-corrected chi connectivity index (χ2v) is 15.2. The molecule has 258 valence electrons. The molecule has 55 heavy (non-hydrogen) atoms. The zero-order valence-electron chi connectivity index (χ0n) is 29.8. The second kappa shape index (κ2) is 12.9. The molecule has 2 heterocycles. The lowest BCUT2D eigenvalue weighted by Crippen LogP contribution is -2.10.